The largest absolute Gasteiger partial charge is 0.357 e. The van der Waals surface area contributed by atoms with Crippen LogP contribution in [0.15, 0.2) is 24.5 Å². The number of pyridine rings is 1. The van der Waals surface area contributed by atoms with E-state index in [1.807, 2.05) is 12.1 Å². The maximum atomic E-state index is 12.3. The van der Waals surface area contributed by atoms with Crippen molar-refractivity contribution < 1.29 is 9.59 Å². The van der Waals surface area contributed by atoms with Gasteiger partial charge >= 0.3 is 0 Å². The van der Waals surface area contributed by atoms with Gasteiger partial charge in [-0.05, 0) is 37.3 Å². The van der Waals surface area contributed by atoms with Crippen LogP contribution in [0.25, 0.3) is 0 Å². The fraction of sp³-hybridized carbons (Fsp3) is 0.533. The normalized spacial score (nSPS) is 18.6. The maximum absolute atomic E-state index is 12.3. The molecule has 0 saturated carbocycles. The zero-order chi connectivity index (χ0) is 14.4. The van der Waals surface area contributed by atoms with Crippen molar-refractivity contribution in [3.63, 3.8) is 0 Å². The molecule has 20 heavy (non-hydrogen) atoms. The lowest BCUT2D eigenvalue weighted by molar-refractivity contribution is -0.142. The Morgan fingerprint density at radius 3 is 3.00 bits per heavy atom. The van der Waals surface area contributed by atoms with Crippen LogP contribution < -0.4 is 5.32 Å². The number of aryl methyl sites for hydroxylation is 1. The SMILES string of the molecule is CNC(=O)C1CCCCN1C(=O)CCc1cccnc1. The summed E-state index contributed by atoms with van der Waals surface area (Å²) >= 11 is 0. The van der Waals surface area contributed by atoms with Crippen LogP contribution in [0.3, 0.4) is 0 Å². The molecular weight excluding hydrogens is 254 g/mol. The summed E-state index contributed by atoms with van der Waals surface area (Å²) < 4.78 is 0. The lowest BCUT2D eigenvalue weighted by atomic mass is 10.00. The third-order valence-corrected chi connectivity index (χ3v) is 3.72. The molecule has 1 fully saturated rings. The van der Waals surface area contributed by atoms with Crippen LogP contribution >= 0.6 is 0 Å². The molecule has 1 N–H and O–H groups in total. The molecule has 0 radical (unpaired) electrons. The molecule has 0 aromatic carbocycles. The Labute approximate surface area is 119 Å². The average Bonchev–Trinajstić information content (AvgIpc) is 2.52. The molecular formula is C15H21N3O2. The van der Waals surface area contributed by atoms with Gasteiger partial charge in [-0.3, -0.25) is 14.6 Å². The number of carbonyl (C=O) groups is 2. The first-order valence-corrected chi connectivity index (χ1v) is 7.12. The van der Waals surface area contributed by atoms with E-state index in [0.29, 0.717) is 19.4 Å². The van der Waals surface area contributed by atoms with Crippen molar-refractivity contribution in [2.75, 3.05) is 13.6 Å². The topological polar surface area (TPSA) is 62.3 Å². The highest BCUT2D eigenvalue weighted by molar-refractivity contribution is 5.87. The summed E-state index contributed by atoms with van der Waals surface area (Å²) in [5.74, 6) is 0.00146. The van der Waals surface area contributed by atoms with Gasteiger partial charge in [0.1, 0.15) is 6.04 Å². The Kier molecular flexibility index (Phi) is 5.09. The monoisotopic (exact) mass is 275 g/mol. The van der Waals surface area contributed by atoms with Gasteiger partial charge in [-0.2, -0.15) is 0 Å². The molecule has 1 atom stereocenters. The van der Waals surface area contributed by atoms with Gasteiger partial charge in [-0.25, -0.2) is 0 Å². The van der Waals surface area contributed by atoms with Gasteiger partial charge in [0.15, 0.2) is 0 Å². The van der Waals surface area contributed by atoms with E-state index in [4.69, 9.17) is 0 Å². The molecule has 1 unspecified atom stereocenters. The van der Waals surface area contributed by atoms with Crippen molar-refractivity contribution in [1.29, 1.82) is 0 Å². The van der Waals surface area contributed by atoms with Gasteiger partial charge in [0.2, 0.25) is 11.8 Å². The molecule has 1 aromatic heterocycles. The number of likely N-dealkylation sites (N-methyl/N-ethyl adjacent to an activating group) is 1. The summed E-state index contributed by atoms with van der Waals surface area (Å²) in [6.45, 7) is 0.684. The minimum Gasteiger partial charge on any atom is -0.357 e. The molecule has 2 heterocycles. The number of hydrogen-bond acceptors (Lipinski definition) is 3. The first kappa shape index (κ1) is 14.5. The van der Waals surface area contributed by atoms with Crippen LogP contribution in [-0.4, -0.2) is 41.3 Å². The van der Waals surface area contributed by atoms with E-state index in [1.165, 1.54) is 0 Å². The first-order valence-electron chi connectivity index (χ1n) is 7.12. The number of piperidine rings is 1. The summed E-state index contributed by atoms with van der Waals surface area (Å²) in [4.78, 5) is 29.9. The lowest BCUT2D eigenvalue weighted by Crippen LogP contribution is -2.51. The standard InChI is InChI=1S/C15H21N3O2/c1-16-15(20)13-6-2-3-10-18(13)14(19)8-7-12-5-4-9-17-11-12/h4-5,9,11,13H,2-3,6-8,10H2,1H3,(H,16,20). The number of rotatable bonds is 4. The van der Waals surface area contributed by atoms with Crippen molar-refractivity contribution in [3.8, 4) is 0 Å². The second-order valence-corrected chi connectivity index (χ2v) is 5.07. The molecule has 1 aromatic rings. The molecule has 1 aliphatic rings. The third kappa shape index (κ3) is 3.56. The number of carbonyl (C=O) groups excluding carboxylic acids is 2. The second kappa shape index (κ2) is 7.03. The van der Waals surface area contributed by atoms with Crippen LogP contribution in [0.2, 0.25) is 0 Å². The first-order chi connectivity index (χ1) is 9.72. The van der Waals surface area contributed by atoms with Gasteiger partial charge in [0, 0.05) is 32.4 Å². The number of hydrogen-bond donors (Lipinski definition) is 1. The predicted octanol–water partition coefficient (Wildman–Crippen LogP) is 1.14. The van der Waals surface area contributed by atoms with E-state index in [9.17, 15) is 9.59 Å². The van der Waals surface area contributed by atoms with E-state index < -0.39 is 0 Å². The van der Waals surface area contributed by atoms with Crippen LogP contribution in [0.4, 0.5) is 0 Å². The molecule has 5 heteroatoms. The molecule has 0 bridgehead atoms. The van der Waals surface area contributed by atoms with Gasteiger partial charge in [-0.15, -0.1) is 0 Å². The van der Waals surface area contributed by atoms with Crippen LogP contribution in [0.5, 0.6) is 0 Å². The Morgan fingerprint density at radius 1 is 1.45 bits per heavy atom. The molecule has 0 spiro atoms. The number of nitrogens with one attached hydrogen (secondary N) is 1. The van der Waals surface area contributed by atoms with Crippen molar-refractivity contribution >= 4 is 11.8 Å². The van der Waals surface area contributed by atoms with Gasteiger partial charge in [-0.1, -0.05) is 6.07 Å². The molecule has 1 saturated heterocycles. The van der Waals surface area contributed by atoms with Crippen molar-refractivity contribution in [2.45, 2.75) is 38.1 Å². The predicted molar refractivity (Wildman–Crippen MR) is 76.0 cm³/mol. The number of amides is 2. The Hall–Kier alpha value is -1.91. The average molecular weight is 275 g/mol. The second-order valence-electron chi connectivity index (χ2n) is 5.07. The highest BCUT2D eigenvalue weighted by Crippen LogP contribution is 2.18. The van der Waals surface area contributed by atoms with Crippen LogP contribution in [-0.2, 0) is 16.0 Å². The maximum Gasteiger partial charge on any atom is 0.242 e. The van der Waals surface area contributed by atoms with E-state index in [1.54, 1.807) is 24.3 Å². The van der Waals surface area contributed by atoms with Crippen molar-refractivity contribution in [1.82, 2.24) is 15.2 Å². The zero-order valence-corrected chi connectivity index (χ0v) is 11.8. The Bertz CT molecular complexity index is 461. The summed E-state index contributed by atoms with van der Waals surface area (Å²) in [5.41, 5.74) is 1.05. The van der Waals surface area contributed by atoms with Gasteiger partial charge < -0.3 is 10.2 Å². The van der Waals surface area contributed by atoms with E-state index in [2.05, 4.69) is 10.3 Å². The van der Waals surface area contributed by atoms with E-state index >= 15 is 0 Å². The van der Waals surface area contributed by atoms with Gasteiger partial charge in [0.05, 0.1) is 0 Å². The van der Waals surface area contributed by atoms with Crippen molar-refractivity contribution in [3.05, 3.63) is 30.1 Å². The lowest BCUT2D eigenvalue weighted by Gasteiger charge is -2.34. The van der Waals surface area contributed by atoms with E-state index in [-0.39, 0.29) is 17.9 Å². The molecule has 108 valence electrons. The molecule has 2 rings (SSSR count). The summed E-state index contributed by atoms with van der Waals surface area (Å²) in [5, 5.41) is 2.65. The van der Waals surface area contributed by atoms with Gasteiger partial charge in [0.25, 0.3) is 0 Å². The Morgan fingerprint density at radius 2 is 2.30 bits per heavy atom. The highest BCUT2D eigenvalue weighted by atomic mass is 16.2. The smallest absolute Gasteiger partial charge is 0.242 e. The molecule has 2 amide bonds. The Balaban J connectivity index is 1.94. The quantitative estimate of drug-likeness (QED) is 0.896. The summed E-state index contributed by atoms with van der Waals surface area (Å²) in [7, 11) is 1.62. The minimum absolute atomic E-state index is 0.0561. The fourth-order valence-corrected chi connectivity index (χ4v) is 2.61. The summed E-state index contributed by atoms with van der Waals surface area (Å²) in [6.07, 6.45) is 7.34. The molecule has 0 aliphatic carbocycles. The third-order valence-electron chi connectivity index (χ3n) is 3.72. The number of nitrogens with zero attached hydrogens (tertiary/aromatic N) is 2. The van der Waals surface area contributed by atoms with Crippen LogP contribution in [0.1, 0.15) is 31.2 Å². The fourth-order valence-electron chi connectivity index (χ4n) is 2.61. The zero-order valence-electron chi connectivity index (χ0n) is 11.8. The summed E-state index contributed by atoms with van der Waals surface area (Å²) in [6, 6.07) is 3.54. The van der Waals surface area contributed by atoms with Crippen molar-refractivity contribution in [2.24, 2.45) is 0 Å². The highest BCUT2D eigenvalue weighted by Gasteiger charge is 2.30. The number of likely N-dealkylation sites (tertiary alicyclic amines) is 1. The van der Waals surface area contributed by atoms with E-state index in [0.717, 1.165) is 24.8 Å². The molecule has 5 nitrogen and oxygen atoms in total. The van der Waals surface area contributed by atoms with Crippen LogP contribution in [0, 0.1) is 0 Å². The number of aromatic nitrogens is 1. The molecule has 1 aliphatic heterocycles. The minimum atomic E-state index is -0.296.